The van der Waals surface area contributed by atoms with E-state index in [1.807, 2.05) is 6.92 Å². The third kappa shape index (κ3) is 4.69. The second-order valence-corrected chi connectivity index (χ2v) is 4.62. The topological polar surface area (TPSA) is 63.6 Å². The number of aliphatic carboxylic acids is 1. The first-order valence-corrected chi connectivity index (χ1v) is 6.05. The Bertz CT molecular complexity index is 309. The minimum absolute atomic E-state index is 0.0233. The fraction of sp³-hybridized carbons (Fsp3) is 0.692. The molecule has 0 unspecified atom stereocenters. The molecule has 0 amide bonds. The van der Waals surface area contributed by atoms with Crippen molar-refractivity contribution >= 4 is 11.8 Å². The fourth-order valence-electron chi connectivity index (χ4n) is 2.13. The lowest BCUT2D eigenvalue weighted by atomic mass is 9.90. The summed E-state index contributed by atoms with van der Waals surface area (Å²) >= 11 is 0. The van der Waals surface area contributed by atoms with E-state index in [1.165, 1.54) is 6.08 Å². The second kappa shape index (κ2) is 6.55. The smallest absolute Gasteiger partial charge is 0.305 e. The van der Waals surface area contributed by atoms with E-state index in [9.17, 15) is 9.59 Å². The van der Waals surface area contributed by atoms with Crippen LogP contribution >= 0.6 is 0 Å². The van der Waals surface area contributed by atoms with Crippen LogP contribution in [0.15, 0.2) is 12.2 Å². The van der Waals surface area contributed by atoms with Crippen molar-refractivity contribution in [2.75, 3.05) is 0 Å². The molecule has 4 nitrogen and oxygen atoms in total. The summed E-state index contributed by atoms with van der Waals surface area (Å²) < 4.78 is 5.69. The second-order valence-electron chi connectivity index (χ2n) is 4.62. The zero-order chi connectivity index (χ0) is 12.8. The van der Waals surface area contributed by atoms with Crippen LogP contribution in [0.1, 0.15) is 39.5 Å². The fourth-order valence-corrected chi connectivity index (χ4v) is 2.13. The van der Waals surface area contributed by atoms with Gasteiger partial charge in [0.25, 0.3) is 0 Å². The molecule has 0 radical (unpaired) electrons. The predicted molar refractivity (Wildman–Crippen MR) is 63.7 cm³/mol. The largest absolute Gasteiger partial charge is 0.481 e. The Labute approximate surface area is 102 Å². The lowest BCUT2D eigenvalue weighted by Gasteiger charge is -2.33. The van der Waals surface area contributed by atoms with Crippen LogP contribution in [0.25, 0.3) is 0 Å². The van der Waals surface area contributed by atoms with Gasteiger partial charge < -0.3 is 9.84 Å². The maximum absolute atomic E-state index is 11.4. The Morgan fingerprint density at radius 2 is 2.06 bits per heavy atom. The molecule has 1 fully saturated rings. The number of carboxylic acid groups (broad SMARTS) is 1. The van der Waals surface area contributed by atoms with Gasteiger partial charge in [-0.2, -0.15) is 0 Å². The van der Waals surface area contributed by atoms with Gasteiger partial charge in [-0.25, -0.2) is 0 Å². The summed E-state index contributed by atoms with van der Waals surface area (Å²) in [5.41, 5.74) is 0. The van der Waals surface area contributed by atoms with Crippen LogP contribution in [0.2, 0.25) is 0 Å². The van der Waals surface area contributed by atoms with E-state index in [0.717, 1.165) is 12.8 Å². The lowest BCUT2D eigenvalue weighted by Crippen LogP contribution is -2.36. The monoisotopic (exact) mass is 240 g/mol. The van der Waals surface area contributed by atoms with Gasteiger partial charge >= 0.3 is 5.97 Å². The molecule has 1 aliphatic rings. The van der Waals surface area contributed by atoms with Gasteiger partial charge in [-0.05, 0) is 31.8 Å². The number of rotatable bonds is 5. The molecule has 17 heavy (non-hydrogen) atoms. The molecule has 1 saturated heterocycles. The third-order valence-corrected chi connectivity index (χ3v) is 3.10. The molecule has 0 aromatic heterocycles. The first kappa shape index (κ1) is 13.9. The lowest BCUT2D eigenvalue weighted by molar-refractivity contribution is -0.147. The summed E-state index contributed by atoms with van der Waals surface area (Å²) in [5, 5.41) is 8.78. The quantitative estimate of drug-likeness (QED) is 0.748. The normalized spacial score (nSPS) is 29.4. The Kier molecular flexibility index (Phi) is 5.35. The number of allylic oxidation sites excluding steroid dienone is 2. The third-order valence-electron chi connectivity index (χ3n) is 3.10. The minimum atomic E-state index is -0.845. The first-order valence-electron chi connectivity index (χ1n) is 6.05. The summed E-state index contributed by atoms with van der Waals surface area (Å²) in [4.78, 5) is 22.1. The Morgan fingerprint density at radius 1 is 1.35 bits per heavy atom. The van der Waals surface area contributed by atoms with Gasteiger partial charge in [-0.3, -0.25) is 9.59 Å². The predicted octanol–water partition coefficient (Wildman–Crippen LogP) is 2.18. The van der Waals surface area contributed by atoms with Crippen LogP contribution in [-0.2, 0) is 14.3 Å². The molecule has 96 valence electrons. The van der Waals surface area contributed by atoms with E-state index in [-0.39, 0.29) is 30.3 Å². The average molecular weight is 240 g/mol. The van der Waals surface area contributed by atoms with Gasteiger partial charge in [0.2, 0.25) is 0 Å². The van der Waals surface area contributed by atoms with Gasteiger partial charge in [-0.15, -0.1) is 0 Å². The van der Waals surface area contributed by atoms with Crippen molar-refractivity contribution in [3.05, 3.63) is 12.2 Å². The van der Waals surface area contributed by atoms with E-state index < -0.39 is 5.97 Å². The first-order chi connectivity index (χ1) is 8.02. The summed E-state index contributed by atoms with van der Waals surface area (Å²) in [5.74, 6) is -0.553. The van der Waals surface area contributed by atoms with Crippen molar-refractivity contribution in [2.45, 2.75) is 51.7 Å². The van der Waals surface area contributed by atoms with Crippen LogP contribution in [0.3, 0.4) is 0 Å². The molecule has 0 aromatic rings. The van der Waals surface area contributed by atoms with E-state index >= 15 is 0 Å². The number of ether oxygens (including phenoxy) is 1. The number of carbonyl (C=O) groups is 2. The van der Waals surface area contributed by atoms with Gasteiger partial charge in [-0.1, -0.05) is 13.0 Å². The maximum Gasteiger partial charge on any atom is 0.305 e. The van der Waals surface area contributed by atoms with Gasteiger partial charge in [0, 0.05) is 6.42 Å². The van der Waals surface area contributed by atoms with Crippen LogP contribution in [0.5, 0.6) is 0 Å². The zero-order valence-electron chi connectivity index (χ0n) is 10.4. The highest BCUT2D eigenvalue weighted by atomic mass is 16.5. The molecule has 0 aliphatic carbocycles. The van der Waals surface area contributed by atoms with Gasteiger partial charge in [0.15, 0.2) is 5.78 Å². The molecule has 1 N–H and O–H groups in total. The number of carbonyl (C=O) groups excluding carboxylic acids is 1. The van der Waals surface area contributed by atoms with Crippen LogP contribution < -0.4 is 0 Å². The van der Waals surface area contributed by atoms with Crippen LogP contribution in [0, 0.1) is 5.92 Å². The average Bonchev–Trinajstić information content (AvgIpc) is 2.22. The summed E-state index contributed by atoms with van der Waals surface area (Å²) in [6, 6.07) is 0. The molecule has 4 heteroatoms. The van der Waals surface area contributed by atoms with E-state index in [2.05, 4.69) is 0 Å². The number of carboxylic acids is 1. The highest BCUT2D eigenvalue weighted by Gasteiger charge is 2.30. The minimum Gasteiger partial charge on any atom is -0.481 e. The molecule has 0 spiro atoms. The molecule has 0 bridgehead atoms. The molecule has 0 aromatic carbocycles. The molecule has 0 saturated carbocycles. The van der Waals surface area contributed by atoms with Crippen LogP contribution in [0.4, 0.5) is 0 Å². The zero-order valence-corrected chi connectivity index (χ0v) is 10.4. The number of hydrogen-bond acceptors (Lipinski definition) is 3. The van der Waals surface area contributed by atoms with E-state index in [0.29, 0.717) is 6.42 Å². The highest BCUT2D eigenvalue weighted by molar-refractivity contribution is 5.89. The summed E-state index contributed by atoms with van der Waals surface area (Å²) in [6.45, 7) is 3.80. The van der Waals surface area contributed by atoms with Crippen molar-refractivity contribution in [1.82, 2.24) is 0 Å². The SMILES string of the molecule is C/C=C/C(=O)C[C@@H]1CC[C@H](C)[C@H](CC(=O)O)O1. The highest BCUT2D eigenvalue weighted by Crippen LogP contribution is 2.28. The summed E-state index contributed by atoms with van der Waals surface area (Å²) in [7, 11) is 0. The van der Waals surface area contributed by atoms with Crippen molar-refractivity contribution in [3.8, 4) is 0 Å². The Hall–Kier alpha value is -1.16. The molecule has 1 aliphatic heterocycles. The van der Waals surface area contributed by atoms with Gasteiger partial charge in [0.1, 0.15) is 0 Å². The van der Waals surface area contributed by atoms with Crippen molar-refractivity contribution in [3.63, 3.8) is 0 Å². The molecule has 3 atom stereocenters. The Balaban J connectivity index is 2.48. The maximum atomic E-state index is 11.4. The molecule has 1 heterocycles. The van der Waals surface area contributed by atoms with Crippen molar-refractivity contribution < 1.29 is 19.4 Å². The van der Waals surface area contributed by atoms with Crippen molar-refractivity contribution in [2.24, 2.45) is 5.92 Å². The van der Waals surface area contributed by atoms with E-state index in [1.54, 1.807) is 13.0 Å². The van der Waals surface area contributed by atoms with E-state index in [4.69, 9.17) is 9.84 Å². The number of hydrogen-bond donors (Lipinski definition) is 1. The standard InChI is InChI=1S/C13H20O4/c1-3-4-10(14)7-11-6-5-9(2)12(17-11)8-13(15)16/h3-4,9,11-12H,5-8H2,1-2H3,(H,15,16)/b4-3+/t9-,11-,12-/m0/s1. The molecular weight excluding hydrogens is 220 g/mol. The van der Waals surface area contributed by atoms with Crippen LogP contribution in [-0.4, -0.2) is 29.1 Å². The van der Waals surface area contributed by atoms with Crippen molar-refractivity contribution in [1.29, 1.82) is 0 Å². The molecule has 1 rings (SSSR count). The molecular formula is C13H20O4. The van der Waals surface area contributed by atoms with Gasteiger partial charge in [0.05, 0.1) is 18.6 Å². The summed E-state index contributed by atoms with van der Waals surface area (Å²) in [6.07, 6.45) is 4.99. The Morgan fingerprint density at radius 3 is 2.65 bits per heavy atom. The number of ketones is 1.